The molecule has 2 aromatic rings. The van der Waals surface area contributed by atoms with Gasteiger partial charge in [-0.05, 0) is 40.2 Å². The molecule has 0 spiro atoms. The number of nitriles is 1. The SMILES string of the molecule is N#Cc1cc(C=O)ccc1Sc1ccccc1Br. The number of rotatable bonds is 3. The summed E-state index contributed by atoms with van der Waals surface area (Å²) in [6.45, 7) is 0. The molecule has 0 N–H and O–H groups in total. The lowest BCUT2D eigenvalue weighted by Gasteiger charge is -2.06. The van der Waals surface area contributed by atoms with Gasteiger partial charge in [0, 0.05) is 19.8 Å². The lowest BCUT2D eigenvalue weighted by atomic mass is 10.1. The molecule has 0 amide bonds. The number of halogens is 1. The number of carbonyl (C=O) groups is 1. The molecule has 0 saturated carbocycles. The highest BCUT2D eigenvalue weighted by atomic mass is 79.9. The number of benzene rings is 2. The van der Waals surface area contributed by atoms with Crippen LogP contribution in [0.1, 0.15) is 15.9 Å². The van der Waals surface area contributed by atoms with E-state index < -0.39 is 0 Å². The first-order valence-electron chi connectivity index (χ1n) is 5.16. The first-order chi connectivity index (χ1) is 8.74. The average molecular weight is 318 g/mol. The number of nitrogens with zero attached hydrogens (tertiary/aromatic N) is 1. The number of carbonyl (C=O) groups excluding carboxylic acids is 1. The first kappa shape index (κ1) is 12.9. The van der Waals surface area contributed by atoms with E-state index in [1.54, 1.807) is 18.2 Å². The number of hydrogen-bond donors (Lipinski definition) is 0. The molecule has 0 aliphatic heterocycles. The van der Waals surface area contributed by atoms with Gasteiger partial charge in [0.2, 0.25) is 0 Å². The molecule has 4 heteroatoms. The van der Waals surface area contributed by atoms with Crippen LogP contribution in [-0.2, 0) is 0 Å². The lowest BCUT2D eigenvalue weighted by Crippen LogP contribution is -1.86. The van der Waals surface area contributed by atoms with Gasteiger partial charge < -0.3 is 0 Å². The monoisotopic (exact) mass is 317 g/mol. The van der Waals surface area contributed by atoms with Gasteiger partial charge in [-0.3, -0.25) is 4.79 Å². The van der Waals surface area contributed by atoms with Crippen LogP contribution in [0.3, 0.4) is 0 Å². The van der Waals surface area contributed by atoms with Crippen LogP contribution >= 0.6 is 27.7 Å². The Labute approximate surface area is 118 Å². The largest absolute Gasteiger partial charge is 0.298 e. The van der Waals surface area contributed by atoms with Crippen LogP contribution < -0.4 is 0 Å². The Morgan fingerprint density at radius 1 is 1.17 bits per heavy atom. The summed E-state index contributed by atoms with van der Waals surface area (Å²) in [7, 11) is 0. The molecule has 0 fully saturated rings. The normalized spacial score (nSPS) is 9.78. The van der Waals surface area contributed by atoms with E-state index in [0.717, 1.165) is 20.5 Å². The van der Waals surface area contributed by atoms with Gasteiger partial charge in [-0.15, -0.1) is 0 Å². The molecule has 0 aliphatic carbocycles. The zero-order chi connectivity index (χ0) is 13.0. The Morgan fingerprint density at radius 3 is 2.61 bits per heavy atom. The molecule has 0 aliphatic rings. The van der Waals surface area contributed by atoms with Gasteiger partial charge in [-0.2, -0.15) is 5.26 Å². The van der Waals surface area contributed by atoms with Crippen LogP contribution in [0.15, 0.2) is 56.7 Å². The van der Waals surface area contributed by atoms with Crippen LogP contribution in [0.2, 0.25) is 0 Å². The molecule has 2 rings (SSSR count). The van der Waals surface area contributed by atoms with Crippen LogP contribution in [0.25, 0.3) is 0 Å². The predicted octanol–water partition coefficient (Wildman–Crippen LogP) is 4.28. The van der Waals surface area contributed by atoms with Gasteiger partial charge in [0.1, 0.15) is 12.4 Å². The minimum absolute atomic E-state index is 0.514. The third-order valence-corrected chi connectivity index (χ3v) is 4.42. The second-order valence-corrected chi connectivity index (χ2v) is 5.46. The van der Waals surface area contributed by atoms with Crippen LogP contribution in [-0.4, -0.2) is 6.29 Å². The molecule has 18 heavy (non-hydrogen) atoms. The summed E-state index contributed by atoms with van der Waals surface area (Å²) < 4.78 is 0.985. The Kier molecular flexibility index (Phi) is 4.19. The summed E-state index contributed by atoms with van der Waals surface area (Å²) in [4.78, 5) is 12.6. The standard InChI is InChI=1S/C14H8BrNOS/c15-12-3-1-2-4-14(12)18-13-6-5-10(9-17)7-11(13)8-16/h1-7,9H. The number of hydrogen-bond acceptors (Lipinski definition) is 3. The zero-order valence-electron chi connectivity index (χ0n) is 9.26. The second kappa shape index (κ2) is 5.85. The number of aldehydes is 1. The van der Waals surface area contributed by atoms with Crippen molar-refractivity contribution in [3.05, 3.63) is 58.1 Å². The van der Waals surface area contributed by atoms with Crippen LogP contribution in [0.5, 0.6) is 0 Å². The van der Waals surface area contributed by atoms with Gasteiger partial charge in [0.05, 0.1) is 5.56 Å². The minimum atomic E-state index is 0.514. The van der Waals surface area contributed by atoms with E-state index in [2.05, 4.69) is 22.0 Å². The first-order valence-corrected chi connectivity index (χ1v) is 6.77. The third kappa shape index (κ3) is 2.81. The molecule has 0 unspecified atom stereocenters. The molecule has 2 aromatic carbocycles. The van der Waals surface area contributed by atoms with Crippen molar-refractivity contribution in [3.63, 3.8) is 0 Å². The van der Waals surface area contributed by atoms with E-state index in [9.17, 15) is 4.79 Å². The predicted molar refractivity (Wildman–Crippen MR) is 74.8 cm³/mol. The van der Waals surface area contributed by atoms with E-state index >= 15 is 0 Å². The fourth-order valence-electron chi connectivity index (χ4n) is 1.44. The molecule has 0 saturated heterocycles. The van der Waals surface area contributed by atoms with Crippen molar-refractivity contribution in [2.45, 2.75) is 9.79 Å². The zero-order valence-corrected chi connectivity index (χ0v) is 11.7. The maximum Gasteiger partial charge on any atom is 0.150 e. The summed E-state index contributed by atoms with van der Waals surface area (Å²) in [5.41, 5.74) is 1.03. The molecule has 0 heterocycles. The smallest absolute Gasteiger partial charge is 0.150 e. The summed E-state index contributed by atoms with van der Waals surface area (Å²) >= 11 is 4.97. The van der Waals surface area contributed by atoms with Gasteiger partial charge in [-0.1, -0.05) is 30.0 Å². The highest BCUT2D eigenvalue weighted by Crippen LogP contribution is 2.35. The average Bonchev–Trinajstić information content (AvgIpc) is 2.41. The molecule has 0 atom stereocenters. The molecule has 88 valence electrons. The Balaban J connectivity index is 2.38. The molecule has 0 radical (unpaired) electrons. The third-order valence-electron chi connectivity index (χ3n) is 2.32. The molecule has 2 nitrogen and oxygen atoms in total. The summed E-state index contributed by atoms with van der Waals surface area (Å²) in [6.07, 6.45) is 0.744. The van der Waals surface area contributed by atoms with Crippen molar-refractivity contribution in [2.75, 3.05) is 0 Å². The van der Waals surface area contributed by atoms with Crippen LogP contribution in [0.4, 0.5) is 0 Å². The molecular weight excluding hydrogens is 310 g/mol. The Bertz CT molecular complexity index is 634. The van der Waals surface area contributed by atoms with Gasteiger partial charge in [0.25, 0.3) is 0 Å². The highest BCUT2D eigenvalue weighted by molar-refractivity contribution is 9.10. The van der Waals surface area contributed by atoms with Crippen molar-refractivity contribution >= 4 is 34.0 Å². The van der Waals surface area contributed by atoms with Crippen molar-refractivity contribution in [1.82, 2.24) is 0 Å². The van der Waals surface area contributed by atoms with Crippen LogP contribution in [0, 0.1) is 11.3 Å². The maximum absolute atomic E-state index is 10.7. The van der Waals surface area contributed by atoms with E-state index in [1.165, 1.54) is 11.8 Å². The maximum atomic E-state index is 10.7. The van der Waals surface area contributed by atoms with E-state index in [4.69, 9.17) is 5.26 Å². The molecule has 0 bridgehead atoms. The quantitative estimate of drug-likeness (QED) is 0.793. The van der Waals surface area contributed by atoms with Crippen molar-refractivity contribution in [1.29, 1.82) is 5.26 Å². The highest BCUT2D eigenvalue weighted by Gasteiger charge is 2.07. The van der Waals surface area contributed by atoms with E-state index in [-0.39, 0.29) is 0 Å². The van der Waals surface area contributed by atoms with Gasteiger partial charge in [-0.25, -0.2) is 0 Å². The summed E-state index contributed by atoms with van der Waals surface area (Å²) in [5, 5.41) is 9.09. The Hall–Kier alpha value is -1.57. The van der Waals surface area contributed by atoms with Gasteiger partial charge >= 0.3 is 0 Å². The van der Waals surface area contributed by atoms with Crippen molar-refractivity contribution in [3.8, 4) is 6.07 Å². The molecular formula is C14H8BrNOS. The lowest BCUT2D eigenvalue weighted by molar-refractivity contribution is 0.112. The Morgan fingerprint density at radius 2 is 1.94 bits per heavy atom. The van der Waals surface area contributed by atoms with Gasteiger partial charge in [0.15, 0.2) is 0 Å². The molecule has 0 aromatic heterocycles. The minimum Gasteiger partial charge on any atom is -0.298 e. The fraction of sp³-hybridized carbons (Fsp3) is 0. The summed E-state index contributed by atoms with van der Waals surface area (Å²) in [5.74, 6) is 0. The summed E-state index contributed by atoms with van der Waals surface area (Å²) in [6, 6.07) is 15.0. The van der Waals surface area contributed by atoms with E-state index in [0.29, 0.717) is 11.1 Å². The van der Waals surface area contributed by atoms with Crippen molar-refractivity contribution < 1.29 is 4.79 Å². The fourth-order valence-corrected chi connectivity index (χ4v) is 2.87. The van der Waals surface area contributed by atoms with Crippen molar-refractivity contribution in [2.24, 2.45) is 0 Å². The second-order valence-electron chi connectivity index (χ2n) is 3.52. The van der Waals surface area contributed by atoms with E-state index in [1.807, 2.05) is 24.3 Å². The topological polar surface area (TPSA) is 40.9 Å².